The van der Waals surface area contributed by atoms with Crippen molar-refractivity contribution in [2.45, 2.75) is 68.6 Å². The summed E-state index contributed by atoms with van der Waals surface area (Å²) in [5.41, 5.74) is -3.01. The molecule has 2 N–H and O–H groups in total. The minimum absolute atomic E-state index is 0.0905. The van der Waals surface area contributed by atoms with Gasteiger partial charge in [-0.25, -0.2) is 0 Å². The molecule has 3 fully saturated rings. The summed E-state index contributed by atoms with van der Waals surface area (Å²) in [5.74, 6) is -2.01. The second kappa shape index (κ2) is 7.85. The van der Waals surface area contributed by atoms with Gasteiger partial charge in [0.2, 0.25) is 5.78 Å². The molecule has 0 aromatic heterocycles. The van der Waals surface area contributed by atoms with Crippen LogP contribution in [0.15, 0.2) is 23.8 Å². The molecular weight excluding hydrogens is 496 g/mol. The maximum absolute atomic E-state index is 13.1. The van der Waals surface area contributed by atoms with Crippen LogP contribution in [-0.2, 0) is 28.7 Å². The first-order chi connectivity index (χ1) is 15.4. The normalized spacial score (nSPS) is 45.9. The summed E-state index contributed by atoms with van der Waals surface area (Å²) in [5, 5.41) is 22.7. The molecule has 8 atom stereocenters. The maximum Gasteiger partial charge on any atom is 0.303 e. The van der Waals surface area contributed by atoms with Crippen LogP contribution < -0.4 is 0 Å². The van der Waals surface area contributed by atoms with Gasteiger partial charge in [-0.05, 0) is 49.7 Å². The second-order valence-corrected chi connectivity index (χ2v) is 11.5. The highest BCUT2D eigenvalue weighted by Crippen LogP contribution is 2.71. The third kappa shape index (κ3) is 3.08. The van der Waals surface area contributed by atoms with Gasteiger partial charge < -0.3 is 19.7 Å². The second-order valence-electron chi connectivity index (χ2n) is 10.2. The number of esters is 1. The Hall–Kier alpha value is -1.84. The molecule has 3 saturated carbocycles. The molecule has 4 aliphatic rings. The van der Waals surface area contributed by atoms with E-state index in [1.807, 2.05) is 13.0 Å². The lowest BCUT2D eigenvalue weighted by molar-refractivity contribution is -0.191. The van der Waals surface area contributed by atoms with Gasteiger partial charge in [-0.15, -0.1) is 0 Å². The Morgan fingerprint density at radius 1 is 1.30 bits per heavy atom. The van der Waals surface area contributed by atoms with Crippen molar-refractivity contribution < 1.29 is 38.9 Å². The van der Waals surface area contributed by atoms with Gasteiger partial charge >= 0.3 is 5.97 Å². The molecule has 0 bridgehead atoms. The molecule has 180 valence electrons. The number of alkyl halides is 1. The Morgan fingerprint density at radius 3 is 2.64 bits per heavy atom. The van der Waals surface area contributed by atoms with Gasteiger partial charge in [0, 0.05) is 17.8 Å². The van der Waals surface area contributed by atoms with Crippen LogP contribution in [0.2, 0.25) is 0 Å². The van der Waals surface area contributed by atoms with Gasteiger partial charge in [0.15, 0.2) is 18.0 Å². The van der Waals surface area contributed by atoms with Crippen LogP contribution in [0.3, 0.4) is 0 Å². The van der Waals surface area contributed by atoms with E-state index in [0.717, 1.165) is 12.5 Å². The molecule has 0 aromatic rings. The Balaban J connectivity index is 1.81. The van der Waals surface area contributed by atoms with Crippen LogP contribution in [0.25, 0.3) is 0 Å². The first-order valence-corrected chi connectivity index (χ1v) is 11.9. The monoisotopic (exact) mass is 524 g/mol. The average Bonchev–Trinajstić information content (AvgIpc) is 2.95. The Morgan fingerprint density at radius 2 is 2.00 bits per heavy atom. The Labute approximate surface area is 200 Å². The number of hydrogen-bond donors (Lipinski definition) is 2. The van der Waals surface area contributed by atoms with Crippen LogP contribution in [0.5, 0.6) is 0 Å². The van der Waals surface area contributed by atoms with Crippen molar-refractivity contribution in [2.75, 3.05) is 6.61 Å². The molecule has 0 aliphatic heterocycles. The van der Waals surface area contributed by atoms with E-state index < -0.39 is 51.3 Å². The highest BCUT2D eigenvalue weighted by molar-refractivity contribution is 9.10. The van der Waals surface area contributed by atoms with E-state index in [-0.39, 0.29) is 30.5 Å². The number of allylic oxidation sites excluding steroid dienone is 4. The topological polar surface area (TPSA) is 127 Å². The van der Waals surface area contributed by atoms with Crippen molar-refractivity contribution in [2.24, 2.45) is 22.7 Å². The first-order valence-electron chi connectivity index (χ1n) is 11.2. The number of fused-ring (bicyclic) bond motifs is 5. The molecule has 0 saturated heterocycles. The van der Waals surface area contributed by atoms with E-state index in [4.69, 9.17) is 9.47 Å². The lowest BCUT2D eigenvalue weighted by Gasteiger charge is -2.64. The number of ketones is 2. The van der Waals surface area contributed by atoms with Crippen molar-refractivity contribution in [3.63, 3.8) is 0 Å². The van der Waals surface area contributed by atoms with E-state index in [2.05, 4.69) is 15.9 Å². The van der Waals surface area contributed by atoms with E-state index in [9.17, 15) is 29.4 Å². The molecule has 0 heterocycles. The highest BCUT2D eigenvalue weighted by atomic mass is 79.9. The summed E-state index contributed by atoms with van der Waals surface area (Å²) in [6, 6.07) is 0. The fraction of sp³-hybridized carbons (Fsp3) is 0.667. The predicted molar refractivity (Wildman–Crippen MR) is 119 cm³/mol. The third-order valence-electron chi connectivity index (χ3n) is 8.89. The number of aliphatic hydroxyl groups excluding tert-OH is 1. The van der Waals surface area contributed by atoms with E-state index in [1.165, 1.54) is 6.08 Å². The number of rotatable bonds is 5. The smallest absolute Gasteiger partial charge is 0.303 e. The number of aliphatic hydroxyl groups is 2. The van der Waals surface area contributed by atoms with Crippen molar-refractivity contribution in [1.29, 1.82) is 0 Å². The summed E-state index contributed by atoms with van der Waals surface area (Å²) in [4.78, 5) is 48.0. The van der Waals surface area contributed by atoms with E-state index in [1.54, 1.807) is 13.0 Å². The van der Waals surface area contributed by atoms with E-state index >= 15 is 0 Å². The molecule has 4 aliphatic carbocycles. The molecule has 0 aromatic carbocycles. The van der Waals surface area contributed by atoms with Crippen LogP contribution in [0.4, 0.5) is 0 Å². The molecule has 9 heteroatoms. The average molecular weight is 525 g/mol. The number of carbonyl (C=O) groups is 4. The van der Waals surface area contributed by atoms with E-state index in [0.29, 0.717) is 19.3 Å². The molecular formula is C24H29BrO8. The SMILES string of the molecule is CC(=O)OCC(=O)[C@@]1(O)C(O)C[C@H]2[C@@H]3CCC4=CC(=O)C=C[C@]4(C)[C@@]3(Br)C(OC=O)C[C@@]21C. The highest BCUT2D eigenvalue weighted by Gasteiger charge is 2.75. The summed E-state index contributed by atoms with van der Waals surface area (Å²) in [6.45, 7) is 4.61. The Kier molecular flexibility index (Phi) is 5.78. The zero-order valence-electron chi connectivity index (χ0n) is 18.9. The van der Waals surface area contributed by atoms with Gasteiger partial charge in [0.05, 0.1) is 10.4 Å². The van der Waals surface area contributed by atoms with Crippen LogP contribution in [-0.4, -0.2) is 63.0 Å². The zero-order valence-corrected chi connectivity index (χ0v) is 20.5. The van der Waals surface area contributed by atoms with Gasteiger partial charge in [-0.3, -0.25) is 19.2 Å². The Bertz CT molecular complexity index is 974. The van der Waals surface area contributed by atoms with Gasteiger partial charge in [-0.1, -0.05) is 41.4 Å². The third-order valence-corrected chi connectivity index (χ3v) is 10.8. The molecule has 8 nitrogen and oxygen atoms in total. The standard InChI is InChI=1S/C24H29BrO8/c1-13(27)32-11-19(30)24(31)18(29)9-17-16-5-4-14-8-15(28)6-7-21(14,2)23(16,25)20(33-12-26)10-22(17,24)3/h6-8,12,16-18,20,29,31H,4-5,9-11H2,1-3H3/t16-,17-,18?,20?,21-,22-,23-,24-/m0/s1. The zero-order chi connectivity index (χ0) is 24.4. The summed E-state index contributed by atoms with van der Waals surface area (Å²) in [7, 11) is 0. The number of hydrogen-bond acceptors (Lipinski definition) is 8. The molecule has 0 amide bonds. The number of halogens is 1. The van der Waals surface area contributed by atoms with Crippen LogP contribution >= 0.6 is 15.9 Å². The fourth-order valence-electron chi connectivity index (χ4n) is 7.18. The van der Waals surface area contributed by atoms with Crippen molar-refractivity contribution in [1.82, 2.24) is 0 Å². The molecule has 2 unspecified atom stereocenters. The summed E-state index contributed by atoms with van der Waals surface area (Å²) in [6.07, 6.45) is 4.39. The minimum atomic E-state index is -2.17. The van der Waals surface area contributed by atoms with Crippen molar-refractivity contribution in [3.8, 4) is 0 Å². The maximum atomic E-state index is 13.1. The van der Waals surface area contributed by atoms with Gasteiger partial charge in [0.1, 0.15) is 6.10 Å². The van der Waals surface area contributed by atoms with Gasteiger partial charge in [-0.2, -0.15) is 0 Å². The number of carbonyl (C=O) groups excluding carboxylic acids is 4. The van der Waals surface area contributed by atoms with Gasteiger partial charge in [0.25, 0.3) is 6.47 Å². The molecule has 0 spiro atoms. The van der Waals surface area contributed by atoms with Crippen molar-refractivity contribution in [3.05, 3.63) is 23.8 Å². The first kappa shape index (κ1) is 24.3. The fourth-order valence-corrected chi connectivity index (χ4v) is 8.39. The minimum Gasteiger partial charge on any atom is -0.463 e. The summed E-state index contributed by atoms with van der Waals surface area (Å²) >= 11 is 3.96. The lowest BCUT2D eigenvalue weighted by atomic mass is 9.46. The molecule has 0 radical (unpaired) electrons. The quantitative estimate of drug-likeness (QED) is 0.316. The lowest BCUT2D eigenvalue weighted by Crippen LogP contribution is -2.69. The number of ether oxygens (including phenoxy) is 2. The van der Waals surface area contributed by atoms with Crippen molar-refractivity contribution >= 4 is 39.9 Å². The van der Waals surface area contributed by atoms with Crippen LogP contribution in [0, 0.1) is 22.7 Å². The number of Topliss-reactive ketones (excluding diaryl/α,β-unsaturated/α-hetero) is 1. The predicted octanol–water partition coefficient (Wildman–Crippen LogP) is 1.80. The molecule has 4 rings (SSSR count). The largest absolute Gasteiger partial charge is 0.463 e. The molecule has 33 heavy (non-hydrogen) atoms. The summed E-state index contributed by atoms with van der Waals surface area (Å²) < 4.78 is 9.65. The van der Waals surface area contributed by atoms with Crippen LogP contribution in [0.1, 0.15) is 46.5 Å².